The summed E-state index contributed by atoms with van der Waals surface area (Å²) in [5.41, 5.74) is 3.45. The van der Waals surface area contributed by atoms with E-state index >= 15 is 0 Å². The van der Waals surface area contributed by atoms with Crippen molar-refractivity contribution in [2.24, 2.45) is 0 Å². The van der Waals surface area contributed by atoms with Gasteiger partial charge in [0.25, 0.3) is 0 Å². The molecule has 0 amide bonds. The third-order valence-corrected chi connectivity index (χ3v) is 3.68. The lowest BCUT2D eigenvalue weighted by atomic mass is 10.0. The molecule has 0 unspecified atom stereocenters. The first-order chi connectivity index (χ1) is 8.00. The van der Waals surface area contributed by atoms with E-state index in [9.17, 15) is 4.79 Å². The van der Waals surface area contributed by atoms with Gasteiger partial charge in [0.15, 0.2) is 5.69 Å². The monoisotopic (exact) mass is 247 g/mol. The second-order valence-corrected chi connectivity index (χ2v) is 5.20. The van der Waals surface area contributed by atoms with Gasteiger partial charge in [-0.1, -0.05) is 18.2 Å². The molecule has 0 saturated heterocycles. The molecule has 2 aromatic rings. The zero-order chi connectivity index (χ0) is 12.6. The number of carbonyl (C=O) groups is 1. The molecule has 1 aromatic heterocycles. The van der Waals surface area contributed by atoms with Crippen molar-refractivity contribution in [1.82, 2.24) is 4.98 Å². The second kappa shape index (κ2) is 4.30. The van der Waals surface area contributed by atoms with Gasteiger partial charge in [0, 0.05) is 10.4 Å². The number of aryl methyl sites for hydroxylation is 3. The molecule has 88 valence electrons. The summed E-state index contributed by atoms with van der Waals surface area (Å²) in [5, 5.41) is 9.80. The van der Waals surface area contributed by atoms with E-state index in [2.05, 4.69) is 4.98 Å². The first-order valence-electron chi connectivity index (χ1n) is 5.28. The van der Waals surface area contributed by atoms with E-state index in [1.54, 1.807) is 6.92 Å². The van der Waals surface area contributed by atoms with Crippen LogP contribution < -0.4 is 0 Å². The van der Waals surface area contributed by atoms with Crippen LogP contribution in [0.4, 0.5) is 0 Å². The number of hydrogen-bond donors (Lipinski definition) is 1. The average molecular weight is 247 g/mol. The summed E-state index contributed by atoms with van der Waals surface area (Å²) in [6.45, 7) is 5.82. The predicted molar refractivity (Wildman–Crippen MR) is 68.7 cm³/mol. The Morgan fingerprint density at radius 1 is 1.24 bits per heavy atom. The van der Waals surface area contributed by atoms with Gasteiger partial charge in [0.1, 0.15) is 5.01 Å². The summed E-state index contributed by atoms with van der Waals surface area (Å²) in [6.07, 6.45) is 0. The lowest BCUT2D eigenvalue weighted by molar-refractivity contribution is 0.0690. The maximum Gasteiger partial charge on any atom is 0.355 e. The molecule has 0 radical (unpaired) electrons. The summed E-state index contributed by atoms with van der Waals surface area (Å²) in [6, 6.07) is 6.02. The number of hydrogen-bond acceptors (Lipinski definition) is 3. The fraction of sp³-hybridized carbons (Fsp3) is 0.231. The fourth-order valence-electron chi connectivity index (χ4n) is 1.85. The van der Waals surface area contributed by atoms with Crippen LogP contribution in [-0.4, -0.2) is 16.1 Å². The van der Waals surface area contributed by atoms with Gasteiger partial charge in [-0.3, -0.25) is 0 Å². The van der Waals surface area contributed by atoms with E-state index in [0.29, 0.717) is 0 Å². The SMILES string of the molecule is Cc1cccc(C)c1-c1nc(C(=O)O)c(C)s1. The highest BCUT2D eigenvalue weighted by molar-refractivity contribution is 7.15. The summed E-state index contributed by atoms with van der Waals surface area (Å²) >= 11 is 1.43. The summed E-state index contributed by atoms with van der Waals surface area (Å²) in [7, 11) is 0. The van der Waals surface area contributed by atoms with Crippen molar-refractivity contribution in [3.8, 4) is 10.6 Å². The molecule has 1 N–H and O–H groups in total. The van der Waals surface area contributed by atoms with Gasteiger partial charge in [-0.25, -0.2) is 9.78 Å². The number of aromatic carboxylic acids is 1. The molecule has 0 fully saturated rings. The Kier molecular flexibility index (Phi) is 2.98. The molecule has 17 heavy (non-hydrogen) atoms. The van der Waals surface area contributed by atoms with Gasteiger partial charge in [-0.15, -0.1) is 11.3 Å². The maximum atomic E-state index is 11.0. The number of carboxylic acid groups (broad SMARTS) is 1. The van der Waals surface area contributed by atoms with E-state index in [1.165, 1.54) is 11.3 Å². The number of benzene rings is 1. The van der Waals surface area contributed by atoms with E-state index in [0.717, 1.165) is 26.6 Å². The van der Waals surface area contributed by atoms with Crippen molar-refractivity contribution in [2.75, 3.05) is 0 Å². The van der Waals surface area contributed by atoms with Crippen LogP contribution in [0.1, 0.15) is 26.5 Å². The number of rotatable bonds is 2. The van der Waals surface area contributed by atoms with Crippen LogP contribution in [0.3, 0.4) is 0 Å². The molecule has 0 saturated carbocycles. The van der Waals surface area contributed by atoms with Gasteiger partial charge in [0.2, 0.25) is 0 Å². The quantitative estimate of drug-likeness (QED) is 0.884. The van der Waals surface area contributed by atoms with Crippen LogP contribution in [-0.2, 0) is 0 Å². The highest BCUT2D eigenvalue weighted by atomic mass is 32.1. The fourth-order valence-corrected chi connectivity index (χ4v) is 2.93. The number of thiazole rings is 1. The van der Waals surface area contributed by atoms with Crippen molar-refractivity contribution < 1.29 is 9.90 Å². The first-order valence-corrected chi connectivity index (χ1v) is 6.09. The normalized spacial score (nSPS) is 10.5. The molecule has 0 aliphatic carbocycles. The molecule has 0 bridgehead atoms. The third-order valence-electron chi connectivity index (χ3n) is 2.69. The van der Waals surface area contributed by atoms with Crippen LogP contribution in [0.25, 0.3) is 10.6 Å². The average Bonchev–Trinajstić information content (AvgIpc) is 2.60. The van der Waals surface area contributed by atoms with Gasteiger partial charge in [-0.05, 0) is 31.9 Å². The van der Waals surface area contributed by atoms with Crippen LogP contribution >= 0.6 is 11.3 Å². The molecule has 0 atom stereocenters. The van der Waals surface area contributed by atoms with Crippen molar-refractivity contribution in [2.45, 2.75) is 20.8 Å². The Labute approximate surface area is 104 Å². The van der Waals surface area contributed by atoms with E-state index in [4.69, 9.17) is 5.11 Å². The molecular formula is C13H13NO2S. The molecule has 0 spiro atoms. The topological polar surface area (TPSA) is 50.2 Å². The van der Waals surface area contributed by atoms with Crippen molar-refractivity contribution in [1.29, 1.82) is 0 Å². The molecule has 0 aliphatic rings. The van der Waals surface area contributed by atoms with Crippen LogP contribution in [0.15, 0.2) is 18.2 Å². The maximum absolute atomic E-state index is 11.0. The van der Waals surface area contributed by atoms with Crippen molar-refractivity contribution in [3.63, 3.8) is 0 Å². The van der Waals surface area contributed by atoms with Crippen molar-refractivity contribution in [3.05, 3.63) is 39.9 Å². The van der Waals surface area contributed by atoms with Crippen molar-refractivity contribution >= 4 is 17.3 Å². The predicted octanol–water partition coefficient (Wildman–Crippen LogP) is 3.43. The zero-order valence-electron chi connectivity index (χ0n) is 9.94. The van der Waals surface area contributed by atoms with Gasteiger partial charge < -0.3 is 5.11 Å². The highest BCUT2D eigenvalue weighted by Crippen LogP contribution is 2.32. The van der Waals surface area contributed by atoms with Crippen LogP contribution in [0.5, 0.6) is 0 Å². The number of carboxylic acids is 1. The minimum Gasteiger partial charge on any atom is -0.476 e. The largest absolute Gasteiger partial charge is 0.476 e. The summed E-state index contributed by atoms with van der Waals surface area (Å²) < 4.78 is 0. The van der Waals surface area contributed by atoms with Gasteiger partial charge >= 0.3 is 5.97 Å². The van der Waals surface area contributed by atoms with Crippen LogP contribution in [0.2, 0.25) is 0 Å². The molecular weight excluding hydrogens is 234 g/mol. The number of nitrogens with zero attached hydrogens (tertiary/aromatic N) is 1. The van der Waals surface area contributed by atoms with Gasteiger partial charge in [-0.2, -0.15) is 0 Å². The Bertz CT molecular complexity index is 567. The lowest BCUT2D eigenvalue weighted by Crippen LogP contribution is -1.98. The summed E-state index contributed by atoms with van der Waals surface area (Å²) in [4.78, 5) is 15.9. The first kappa shape index (κ1) is 11.8. The second-order valence-electron chi connectivity index (χ2n) is 4.00. The standard InChI is InChI=1S/C13H13NO2S/c1-7-5-4-6-8(2)10(7)12-14-11(13(15)16)9(3)17-12/h4-6H,1-3H3,(H,15,16). The molecule has 1 aromatic carbocycles. The molecule has 4 heteroatoms. The Morgan fingerprint density at radius 3 is 2.29 bits per heavy atom. The lowest BCUT2D eigenvalue weighted by Gasteiger charge is -2.05. The zero-order valence-corrected chi connectivity index (χ0v) is 10.8. The Morgan fingerprint density at radius 2 is 1.82 bits per heavy atom. The van der Waals surface area contributed by atoms with Crippen LogP contribution in [0, 0.1) is 20.8 Å². The number of aromatic nitrogens is 1. The molecule has 3 nitrogen and oxygen atoms in total. The van der Waals surface area contributed by atoms with E-state index < -0.39 is 5.97 Å². The minimum absolute atomic E-state index is 0.160. The minimum atomic E-state index is -0.962. The summed E-state index contributed by atoms with van der Waals surface area (Å²) in [5.74, 6) is -0.962. The highest BCUT2D eigenvalue weighted by Gasteiger charge is 2.17. The molecule has 0 aliphatic heterocycles. The Hall–Kier alpha value is -1.68. The van der Waals surface area contributed by atoms with Gasteiger partial charge in [0.05, 0.1) is 0 Å². The molecule has 2 rings (SSSR count). The van der Waals surface area contributed by atoms with E-state index in [-0.39, 0.29) is 5.69 Å². The Balaban J connectivity index is 2.62. The molecule has 1 heterocycles. The smallest absolute Gasteiger partial charge is 0.355 e. The third kappa shape index (κ3) is 2.08. The van der Waals surface area contributed by atoms with E-state index in [1.807, 2.05) is 32.0 Å².